The Morgan fingerprint density at radius 1 is 1.19 bits per heavy atom. The molecule has 36 heavy (non-hydrogen) atoms. The molecule has 3 aromatic rings. The quantitative estimate of drug-likeness (QED) is 0.417. The van der Waals surface area contributed by atoms with Gasteiger partial charge in [0.15, 0.2) is 0 Å². The van der Waals surface area contributed by atoms with Gasteiger partial charge in [0, 0.05) is 36.1 Å². The average Bonchev–Trinajstić information content (AvgIpc) is 3.30. The molecule has 1 fully saturated rings. The van der Waals surface area contributed by atoms with E-state index in [0.717, 1.165) is 27.7 Å². The van der Waals surface area contributed by atoms with Crippen molar-refractivity contribution in [1.82, 2.24) is 19.7 Å². The molecule has 3 amide bonds. The zero-order valence-corrected chi connectivity index (χ0v) is 20.8. The third kappa shape index (κ3) is 3.79. The number of phenolic OH excluding ortho intramolecular Hbond substituents is 1. The Morgan fingerprint density at radius 3 is 2.72 bits per heavy atom. The smallest absolute Gasteiger partial charge is 0.328 e. The average molecular weight is 493 g/mol. The molecule has 190 valence electrons. The Labute approximate surface area is 209 Å². The number of phenols is 1. The van der Waals surface area contributed by atoms with Gasteiger partial charge < -0.3 is 24.8 Å². The molecule has 1 saturated heterocycles. The second kappa shape index (κ2) is 9.15. The summed E-state index contributed by atoms with van der Waals surface area (Å²) in [5.74, 6) is 0.597. The molecule has 0 spiro atoms. The molecule has 9 nitrogen and oxygen atoms in total. The van der Waals surface area contributed by atoms with Gasteiger partial charge in [-0.1, -0.05) is 12.1 Å². The molecule has 3 N–H and O–H groups in total. The van der Waals surface area contributed by atoms with E-state index < -0.39 is 11.6 Å². The lowest BCUT2D eigenvalue weighted by Crippen LogP contribution is -2.53. The van der Waals surface area contributed by atoms with E-state index in [1.807, 2.05) is 43.1 Å². The van der Waals surface area contributed by atoms with Crippen molar-refractivity contribution in [2.24, 2.45) is 0 Å². The zero-order chi connectivity index (χ0) is 25.6. The predicted molar refractivity (Wildman–Crippen MR) is 135 cm³/mol. The number of fused-ring (bicyclic) bond motifs is 4. The predicted octanol–water partition coefficient (Wildman–Crippen LogP) is 2.86. The van der Waals surface area contributed by atoms with E-state index in [-0.39, 0.29) is 24.3 Å². The van der Waals surface area contributed by atoms with Crippen molar-refractivity contribution < 1.29 is 24.5 Å². The van der Waals surface area contributed by atoms with Gasteiger partial charge in [-0.05, 0) is 68.4 Å². The lowest BCUT2D eigenvalue weighted by atomic mass is 9.81. The Hall–Kier alpha value is -3.56. The first-order valence-electron chi connectivity index (χ1n) is 12.2. The van der Waals surface area contributed by atoms with Crippen molar-refractivity contribution in [1.29, 1.82) is 0 Å². The molecule has 2 atom stereocenters. The number of aliphatic hydroxyl groups is 1. The summed E-state index contributed by atoms with van der Waals surface area (Å²) in [6, 6.07) is 11.7. The number of aliphatic hydroxyl groups excluding tert-OH is 1. The highest BCUT2D eigenvalue weighted by Gasteiger charge is 2.60. The minimum atomic E-state index is -1.07. The summed E-state index contributed by atoms with van der Waals surface area (Å²) in [5, 5.41) is 20.4. The van der Waals surface area contributed by atoms with Crippen molar-refractivity contribution in [3.63, 3.8) is 0 Å². The molecule has 1 aromatic heterocycles. The Bertz CT molecular complexity index is 1320. The van der Waals surface area contributed by atoms with Gasteiger partial charge in [0.25, 0.3) is 5.91 Å². The molecule has 0 saturated carbocycles. The van der Waals surface area contributed by atoms with Gasteiger partial charge in [-0.3, -0.25) is 14.6 Å². The number of hydrogen-bond donors (Lipinski definition) is 3. The number of hydrogen-bond acceptors (Lipinski definition) is 6. The number of nitrogens with one attached hydrogen (secondary N) is 1. The number of likely N-dealkylation sites (N-methyl/N-ethyl adjacent to an activating group) is 1. The lowest BCUT2D eigenvalue weighted by Gasteiger charge is -2.42. The van der Waals surface area contributed by atoms with Crippen molar-refractivity contribution in [3.05, 3.63) is 59.3 Å². The summed E-state index contributed by atoms with van der Waals surface area (Å²) in [6.07, 6.45) is 0.983. The van der Waals surface area contributed by atoms with Crippen molar-refractivity contribution in [3.8, 4) is 11.5 Å². The molecule has 3 heterocycles. The highest BCUT2D eigenvalue weighted by atomic mass is 16.5. The van der Waals surface area contributed by atoms with E-state index in [1.165, 1.54) is 4.90 Å². The summed E-state index contributed by atoms with van der Waals surface area (Å²) in [5.41, 5.74) is 2.37. The number of urea groups is 1. The monoisotopic (exact) mass is 492 g/mol. The van der Waals surface area contributed by atoms with E-state index in [1.54, 1.807) is 30.2 Å². The van der Waals surface area contributed by atoms with Crippen LogP contribution < -0.4 is 4.74 Å². The molecule has 1 unspecified atom stereocenters. The Kier molecular flexibility index (Phi) is 6.13. The Morgan fingerprint density at radius 2 is 2.00 bits per heavy atom. The molecule has 2 aromatic carbocycles. The summed E-state index contributed by atoms with van der Waals surface area (Å²) < 4.78 is 5.45. The van der Waals surface area contributed by atoms with Crippen LogP contribution in [0.5, 0.6) is 11.5 Å². The van der Waals surface area contributed by atoms with Crippen LogP contribution in [0.3, 0.4) is 0 Å². The highest BCUT2D eigenvalue weighted by molar-refractivity contribution is 6.08. The molecule has 5 rings (SSSR count). The summed E-state index contributed by atoms with van der Waals surface area (Å²) >= 11 is 0. The van der Waals surface area contributed by atoms with E-state index in [4.69, 9.17) is 9.84 Å². The molecule has 2 aliphatic rings. The van der Waals surface area contributed by atoms with Crippen LogP contribution in [-0.2, 0) is 11.2 Å². The minimum Gasteiger partial charge on any atom is -0.508 e. The number of nitrogens with zero attached hydrogens (tertiary/aromatic N) is 3. The number of imide groups is 1. The largest absolute Gasteiger partial charge is 0.508 e. The number of H-pyrrole nitrogens is 1. The number of aromatic hydroxyl groups is 1. The van der Waals surface area contributed by atoms with Crippen LogP contribution in [0.2, 0.25) is 0 Å². The molecule has 9 heteroatoms. The summed E-state index contributed by atoms with van der Waals surface area (Å²) in [4.78, 5) is 36.2. The standard InChI is InChI=1S/C27H32N4O5/c1-27-16-21-20-15-19(36-3)8-9-22(20)28-23(21)24(17-6-4-7-18(33)14-17)31(27)26(35)30(25(27)34)11-5-10-29(2)12-13-32/h4,6-9,14-15,24,28,32-33H,5,10-13,16H2,1-3H3/t24?,27-/m0/s1. The van der Waals surface area contributed by atoms with Crippen LogP contribution in [0.4, 0.5) is 4.79 Å². The molecule has 0 aliphatic carbocycles. The summed E-state index contributed by atoms with van der Waals surface area (Å²) in [6.45, 7) is 3.40. The number of benzene rings is 2. The highest BCUT2D eigenvalue weighted by Crippen LogP contribution is 2.49. The van der Waals surface area contributed by atoms with Crippen LogP contribution in [0.15, 0.2) is 42.5 Å². The Balaban J connectivity index is 1.59. The van der Waals surface area contributed by atoms with Gasteiger partial charge in [0.2, 0.25) is 0 Å². The number of rotatable bonds is 8. The van der Waals surface area contributed by atoms with Gasteiger partial charge in [-0.15, -0.1) is 0 Å². The SMILES string of the molecule is COc1ccc2[nH]c3c(c2c1)C[C@@]1(C)C(=O)N(CCCN(C)CCO)C(=O)N1C3c1cccc(O)c1. The fourth-order valence-electron chi connectivity index (χ4n) is 5.64. The zero-order valence-electron chi connectivity index (χ0n) is 20.8. The van der Waals surface area contributed by atoms with Crippen LogP contribution in [-0.4, -0.2) is 87.8 Å². The van der Waals surface area contributed by atoms with Crippen molar-refractivity contribution >= 4 is 22.8 Å². The first kappa shape index (κ1) is 24.1. The van der Waals surface area contributed by atoms with E-state index >= 15 is 0 Å². The van der Waals surface area contributed by atoms with Gasteiger partial charge in [-0.25, -0.2) is 4.79 Å². The van der Waals surface area contributed by atoms with Crippen LogP contribution in [0, 0.1) is 0 Å². The number of amides is 3. The number of methoxy groups -OCH3 is 1. The second-order valence-corrected chi connectivity index (χ2v) is 9.87. The van der Waals surface area contributed by atoms with Crippen LogP contribution in [0.1, 0.15) is 36.2 Å². The van der Waals surface area contributed by atoms with Gasteiger partial charge in [-0.2, -0.15) is 0 Å². The second-order valence-electron chi connectivity index (χ2n) is 9.87. The number of aromatic nitrogens is 1. The van der Waals surface area contributed by atoms with Crippen molar-refractivity contribution in [2.75, 3.05) is 40.4 Å². The maximum Gasteiger partial charge on any atom is 0.328 e. The third-order valence-corrected chi connectivity index (χ3v) is 7.46. The van der Waals surface area contributed by atoms with Gasteiger partial charge >= 0.3 is 6.03 Å². The van der Waals surface area contributed by atoms with Crippen LogP contribution >= 0.6 is 0 Å². The molecular weight excluding hydrogens is 460 g/mol. The van der Waals surface area contributed by atoms with E-state index in [9.17, 15) is 14.7 Å². The molecule has 0 bridgehead atoms. The first-order chi connectivity index (χ1) is 17.3. The summed E-state index contributed by atoms with van der Waals surface area (Å²) in [7, 11) is 3.52. The maximum atomic E-state index is 13.8. The fraction of sp³-hybridized carbons (Fsp3) is 0.407. The maximum absolute atomic E-state index is 13.8. The number of ether oxygens (including phenoxy) is 1. The van der Waals surface area contributed by atoms with E-state index in [0.29, 0.717) is 38.2 Å². The molecule has 0 radical (unpaired) electrons. The third-order valence-electron chi connectivity index (χ3n) is 7.46. The fourth-order valence-corrected chi connectivity index (χ4v) is 5.64. The topological polar surface area (TPSA) is 109 Å². The molecule has 2 aliphatic heterocycles. The first-order valence-corrected chi connectivity index (χ1v) is 12.2. The number of carbonyl (C=O) groups excluding carboxylic acids is 2. The van der Waals surface area contributed by atoms with E-state index in [2.05, 4.69) is 4.98 Å². The number of aromatic amines is 1. The van der Waals surface area contributed by atoms with Crippen LogP contribution in [0.25, 0.3) is 10.9 Å². The van der Waals surface area contributed by atoms with Gasteiger partial charge in [0.1, 0.15) is 23.1 Å². The normalized spacial score (nSPS) is 21.4. The minimum absolute atomic E-state index is 0.0615. The number of carbonyl (C=O) groups is 2. The molecular formula is C27H32N4O5. The lowest BCUT2D eigenvalue weighted by molar-refractivity contribution is -0.133. The van der Waals surface area contributed by atoms with Gasteiger partial charge in [0.05, 0.1) is 13.7 Å². The van der Waals surface area contributed by atoms with Crippen molar-refractivity contribution in [2.45, 2.75) is 31.3 Å².